The Bertz CT molecular complexity index is 869. The van der Waals surface area contributed by atoms with Crippen molar-refractivity contribution in [3.63, 3.8) is 0 Å². The third kappa shape index (κ3) is 6.84. The number of thiocarbonyl (C=S) groups is 2. The second-order valence-corrected chi connectivity index (χ2v) is 4.85. The summed E-state index contributed by atoms with van der Waals surface area (Å²) in [7, 11) is 2.67. The summed E-state index contributed by atoms with van der Waals surface area (Å²) in [6.07, 6.45) is 0. The van der Waals surface area contributed by atoms with E-state index in [4.69, 9.17) is 0 Å². The fourth-order valence-corrected chi connectivity index (χ4v) is 1.93. The SMILES string of the molecule is COC(=O)c1ccc(N=C=S)cc1.COC(=O)c1cccc(N=C=S)c1. The Hall–Kier alpha value is -3.02. The number of carbonyl (C=O) groups is 2. The topological polar surface area (TPSA) is 77.3 Å². The van der Waals surface area contributed by atoms with Crippen LogP contribution < -0.4 is 0 Å². The average Bonchev–Trinajstić information content (AvgIpc) is 2.68. The monoisotopic (exact) mass is 386 g/mol. The summed E-state index contributed by atoms with van der Waals surface area (Å²) < 4.78 is 9.07. The van der Waals surface area contributed by atoms with Crippen molar-refractivity contribution in [2.24, 2.45) is 9.98 Å². The Morgan fingerprint density at radius 1 is 0.808 bits per heavy atom. The van der Waals surface area contributed by atoms with Crippen LogP contribution in [-0.4, -0.2) is 36.5 Å². The van der Waals surface area contributed by atoms with Gasteiger partial charge in [0.25, 0.3) is 0 Å². The molecule has 0 amide bonds. The van der Waals surface area contributed by atoms with Crippen LogP contribution in [0.25, 0.3) is 0 Å². The van der Waals surface area contributed by atoms with Crippen LogP contribution in [0.3, 0.4) is 0 Å². The number of carbonyl (C=O) groups excluding carboxylic acids is 2. The fourth-order valence-electron chi connectivity index (χ4n) is 1.72. The molecule has 0 saturated heterocycles. The van der Waals surface area contributed by atoms with Crippen LogP contribution in [0.1, 0.15) is 20.7 Å². The van der Waals surface area contributed by atoms with E-state index in [1.807, 2.05) is 0 Å². The van der Waals surface area contributed by atoms with Gasteiger partial charge in [0.15, 0.2) is 0 Å². The quantitative estimate of drug-likeness (QED) is 0.440. The number of ether oxygens (including phenoxy) is 2. The van der Waals surface area contributed by atoms with Gasteiger partial charge in [-0.2, -0.15) is 9.98 Å². The Balaban J connectivity index is 0.000000260. The predicted octanol–water partition coefficient (Wildman–Crippen LogP) is 4.42. The maximum absolute atomic E-state index is 11.1. The Kier molecular flexibility index (Phi) is 9.31. The number of esters is 2. The minimum atomic E-state index is -0.388. The van der Waals surface area contributed by atoms with Crippen LogP contribution in [0.5, 0.6) is 0 Å². The number of hydrogen-bond donors (Lipinski definition) is 0. The highest BCUT2D eigenvalue weighted by Gasteiger charge is 2.04. The summed E-state index contributed by atoms with van der Waals surface area (Å²) >= 11 is 8.87. The zero-order valence-corrected chi connectivity index (χ0v) is 15.6. The van der Waals surface area contributed by atoms with Gasteiger partial charge < -0.3 is 9.47 Å². The van der Waals surface area contributed by atoms with Crippen LogP contribution in [0.15, 0.2) is 58.5 Å². The first-order chi connectivity index (χ1) is 12.5. The van der Waals surface area contributed by atoms with Crippen LogP contribution in [0.4, 0.5) is 11.4 Å². The van der Waals surface area contributed by atoms with E-state index in [0.29, 0.717) is 22.5 Å². The highest BCUT2D eigenvalue weighted by molar-refractivity contribution is 7.78. The third-order valence-electron chi connectivity index (χ3n) is 2.91. The highest BCUT2D eigenvalue weighted by atomic mass is 32.1. The van der Waals surface area contributed by atoms with Gasteiger partial charge >= 0.3 is 11.9 Å². The lowest BCUT2D eigenvalue weighted by molar-refractivity contribution is 0.0592. The molecule has 0 aliphatic heterocycles. The van der Waals surface area contributed by atoms with Gasteiger partial charge in [-0.3, -0.25) is 0 Å². The van der Waals surface area contributed by atoms with Crippen molar-refractivity contribution in [1.82, 2.24) is 0 Å². The molecule has 132 valence electrons. The van der Waals surface area contributed by atoms with E-state index in [9.17, 15) is 9.59 Å². The molecule has 2 aromatic rings. The van der Waals surface area contributed by atoms with E-state index in [1.54, 1.807) is 48.5 Å². The Morgan fingerprint density at radius 3 is 1.88 bits per heavy atom. The van der Waals surface area contributed by atoms with Gasteiger partial charge in [-0.25, -0.2) is 9.59 Å². The van der Waals surface area contributed by atoms with E-state index < -0.39 is 0 Å². The molecule has 0 radical (unpaired) electrons. The maximum atomic E-state index is 11.1. The molecule has 0 fully saturated rings. The fraction of sp³-hybridized carbons (Fsp3) is 0.111. The molecule has 2 rings (SSSR count). The minimum absolute atomic E-state index is 0.363. The molecule has 0 saturated carbocycles. The summed E-state index contributed by atoms with van der Waals surface area (Å²) in [6, 6.07) is 13.3. The van der Waals surface area contributed by atoms with Gasteiger partial charge in [-0.05, 0) is 66.9 Å². The summed E-state index contributed by atoms with van der Waals surface area (Å²) in [5, 5.41) is 4.46. The molecule has 0 aromatic heterocycles. The van der Waals surface area contributed by atoms with Crippen LogP contribution in [0, 0.1) is 0 Å². The molecule has 0 spiro atoms. The van der Waals surface area contributed by atoms with Crippen molar-refractivity contribution in [2.75, 3.05) is 14.2 Å². The molecule has 8 heteroatoms. The Labute approximate surface area is 161 Å². The first-order valence-corrected chi connectivity index (χ1v) is 7.89. The standard InChI is InChI=1S/2C9H7NO2S/c1-12-9(11)7-2-4-8(5-3-7)10-6-13;1-12-9(11)7-3-2-4-8(5-7)10-6-13/h2*2-5H,1H3. The summed E-state index contributed by atoms with van der Waals surface area (Å²) in [5.41, 5.74) is 2.21. The lowest BCUT2D eigenvalue weighted by Gasteiger charge is -1.98. The molecular formula is C18H14N2O4S2. The van der Waals surface area contributed by atoms with E-state index in [2.05, 4.69) is 54.2 Å². The van der Waals surface area contributed by atoms with Crippen molar-refractivity contribution < 1.29 is 19.1 Å². The molecule has 6 nitrogen and oxygen atoms in total. The number of nitrogens with zero attached hydrogens (tertiary/aromatic N) is 2. The van der Waals surface area contributed by atoms with Crippen molar-refractivity contribution in [1.29, 1.82) is 0 Å². The lowest BCUT2D eigenvalue weighted by atomic mass is 10.2. The summed E-state index contributed by atoms with van der Waals surface area (Å²) in [6.45, 7) is 0. The van der Waals surface area contributed by atoms with Crippen molar-refractivity contribution in [3.05, 3.63) is 59.7 Å². The van der Waals surface area contributed by atoms with E-state index >= 15 is 0 Å². The molecule has 26 heavy (non-hydrogen) atoms. The van der Waals surface area contributed by atoms with Gasteiger partial charge in [-0.15, -0.1) is 0 Å². The number of benzene rings is 2. The van der Waals surface area contributed by atoms with Gasteiger partial charge in [0.1, 0.15) is 0 Å². The Morgan fingerprint density at radius 2 is 1.35 bits per heavy atom. The molecule has 0 atom stereocenters. The molecule has 2 aromatic carbocycles. The minimum Gasteiger partial charge on any atom is -0.465 e. The van der Waals surface area contributed by atoms with Crippen molar-refractivity contribution in [2.45, 2.75) is 0 Å². The first kappa shape index (κ1) is 21.0. The summed E-state index contributed by atoms with van der Waals surface area (Å²) in [5.74, 6) is -0.751. The lowest BCUT2D eigenvalue weighted by Crippen LogP contribution is -1.99. The maximum Gasteiger partial charge on any atom is 0.337 e. The van der Waals surface area contributed by atoms with E-state index in [-0.39, 0.29) is 11.9 Å². The first-order valence-electron chi connectivity index (χ1n) is 7.08. The second-order valence-electron chi connectivity index (χ2n) is 4.49. The van der Waals surface area contributed by atoms with E-state index in [0.717, 1.165) is 0 Å². The van der Waals surface area contributed by atoms with E-state index in [1.165, 1.54) is 14.2 Å². The van der Waals surface area contributed by atoms with Crippen molar-refractivity contribution in [3.8, 4) is 0 Å². The van der Waals surface area contributed by atoms with Crippen LogP contribution >= 0.6 is 24.4 Å². The molecule has 0 bridgehead atoms. The molecule has 0 N–H and O–H groups in total. The zero-order chi connectivity index (χ0) is 19.4. The molecule has 0 unspecified atom stereocenters. The van der Waals surface area contributed by atoms with Crippen LogP contribution in [-0.2, 0) is 9.47 Å². The van der Waals surface area contributed by atoms with Crippen molar-refractivity contribution >= 4 is 58.1 Å². The molecule has 0 aliphatic carbocycles. The second kappa shape index (κ2) is 11.5. The van der Waals surface area contributed by atoms with Gasteiger partial charge in [-0.1, -0.05) is 6.07 Å². The predicted molar refractivity (Wildman–Crippen MR) is 105 cm³/mol. The number of aliphatic imine (C=N–C) groups is 2. The van der Waals surface area contributed by atoms with Crippen LogP contribution in [0.2, 0.25) is 0 Å². The smallest absolute Gasteiger partial charge is 0.337 e. The number of methoxy groups -OCH3 is 2. The molecule has 0 heterocycles. The van der Waals surface area contributed by atoms with Gasteiger partial charge in [0, 0.05) is 0 Å². The number of hydrogen-bond acceptors (Lipinski definition) is 8. The average molecular weight is 386 g/mol. The number of isothiocyanates is 2. The van der Waals surface area contributed by atoms with Gasteiger partial charge in [0.05, 0.1) is 47.0 Å². The number of rotatable bonds is 4. The molecule has 0 aliphatic rings. The van der Waals surface area contributed by atoms with Gasteiger partial charge in [0.2, 0.25) is 0 Å². The highest BCUT2D eigenvalue weighted by Crippen LogP contribution is 2.14. The third-order valence-corrected chi connectivity index (χ3v) is 3.09. The normalized spacial score (nSPS) is 8.69. The molecular weight excluding hydrogens is 372 g/mol. The largest absolute Gasteiger partial charge is 0.465 e. The summed E-state index contributed by atoms with van der Waals surface area (Å²) in [4.78, 5) is 29.5. The zero-order valence-electron chi connectivity index (χ0n) is 14.0.